The highest BCUT2D eigenvalue weighted by Crippen LogP contribution is 2.20. The maximum absolute atomic E-state index is 11.0. The first kappa shape index (κ1) is 6.40. The van der Waals surface area contributed by atoms with Gasteiger partial charge in [0, 0.05) is 5.57 Å². The normalized spacial score (nSPS) is 21.6. The Morgan fingerprint density at radius 2 is 2.09 bits per heavy atom. The molecule has 0 atom stereocenters. The molecule has 0 spiro atoms. The van der Waals surface area contributed by atoms with E-state index >= 15 is 0 Å². The van der Waals surface area contributed by atoms with E-state index in [4.69, 9.17) is 4.74 Å². The smallest absolute Gasteiger partial charge is 0.338 e. The molecule has 0 aromatic carbocycles. The van der Waals surface area contributed by atoms with Crippen molar-refractivity contribution in [2.45, 2.75) is 6.42 Å². The number of allylic oxidation sites excluding steroid dienone is 2. The Kier molecular flexibility index (Phi) is 1.39. The van der Waals surface area contributed by atoms with Crippen LogP contribution in [0.2, 0.25) is 0 Å². The summed E-state index contributed by atoms with van der Waals surface area (Å²) in [6, 6.07) is 0. The van der Waals surface area contributed by atoms with Gasteiger partial charge in [0.25, 0.3) is 0 Å². The first-order valence-corrected chi connectivity index (χ1v) is 3.61. The first-order chi connectivity index (χ1) is 5.38. The Morgan fingerprint density at radius 1 is 1.27 bits per heavy atom. The van der Waals surface area contributed by atoms with Gasteiger partial charge in [-0.3, -0.25) is 0 Å². The van der Waals surface area contributed by atoms with Crippen LogP contribution in [-0.2, 0) is 9.53 Å². The second-order valence-electron chi connectivity index (χ2n) is 2.56. The number of hydrogen-bond acceptors (Lipinski definition) is 2. The molecule has 2 aliphatic rings. The molecule has 0 unspecified atom stereocenters. The van der Waals surface area contributed by atoms with Crippen molar-refractivity contribution in [3.8, 4) is 0 Å². The fraction of sp³-hybridized carbons (Fsp3) is 0.222. The summed E-state index contributed by atoms with van der Waals surface area (Å²) in [5, 5.41) is 0. The van der Waals surface area contributed by atoms with Crippen LogP contribution in [0.5, 0.6) is 0 Å². The van der Waals surface area contributed by atoms with Crippen molar-refractivity contribution in [3.05, 3.63) is 35.5 Å². The molecule has 2 rings (SSSR count). The predicted molar refractivity (Wildman–Crippen MR) is 40.9 cm³/mol. The van der Waals surface area contributed by atoms with E-state index in [9.17, 15) is 4.79 Å². The van der Waals surface area contributed by atoms with Gasteiger partial charge in [0.05, 0.1) is 5.57 Å². The third kappa shape index (κ3) is 1.00. The Balaban J connectivity index is 2.44. The fourth-order valence-corrected chi connectivity index (χ4v) is 1.22. The second-order valence-corrected chi connectivity index (χ2v) is 2.56. The van der Waals surface area contributed by atoms with Gasteiger partial charge >= 0.3 is 5.97 Å². The van der Waals surface area contributed by atoms with Crippen LogP contribution >= 0.6 is 0 Å². The van der Waals surface area contributed by atoms with E-state index in [1.54, 1.807) is 0 Å². The molecule has 0 fully saturated rings. The summed E-state index contributed by atoms with van der Waals surface area (Å²) in [5.74, 6) is -0.192. The second kappa shape index (κ2) is 2.38. The minimum Gasteiger partial charge on any atom is -0.457 e. The van der Waals surface area contributed by atoms with Crippen LogP contribution < -0.4 is 0 Å². The number of carbonyl (C=O) groups is 1. The van der Waals surface area contributed by atoms with Gasteiger partial charge in [-0.15, -0.1) is 0 Å². The van der Waals surface area contributed by atoms with Gasteiger partial charge in [0.1, 0.15) is 6.61 Å². The number of ether oxygens (including phenoxy) is 1. The Labute approximate surface area is 64.9 Å². The molecule has 1 aliphatic heterocycles. The summed E-state index contributed by atoms with van der Waals surface area (Å²) in [6.07, 6.45) is 8.69. The standard InChI is InChI=1S/C9H8O2/c10-9-8-5-3-1-2-4-7(8)6-11-9/h2-5H,1,6H2. The van der Waals surface area contributed by atoms with Crippen LogP contribution in [0, 0.1) is 0 Å². The molecule has 2 heteroatoms. The Bertz CT molecular complexity index is 282. The van der Waals surface area contributed by atoms with E-state index in [1.807, 2.05) is 24.3 Å². The van der Waals surface area contributed by atoms with Crippen molar-refractivity contribution < 1.29 is 9.53 Å². The van der Waals surface area contributed by atoms with Crippen LogP contribution in [0.4, 0.5) is 0 Å². The van der Waals surface area contributed by atoms with Crippen molar-refractivity contribution in [1.29, 1.82) is 0 Å². The largest absolute Gasteiger partial charge is 0.457 e. The minimum absolute atomic E-state index is 0.192. The van der Waals surface area contributed by atoms with E-state index < -0.39 is 0 Å². The number of carbonyl (C=O) groups excluding carboxylic acids is 1. The molecule has 0 aromatic rings. The highest BCUT2D eigenvalue weighted by Gasteiger charge is 2.20. The summed E-state index contributed by atoms with van der Waals surface area (Å²) in [5.41, 5.74) is 1.72. The van der Waals surface area contributed by atoms with Crippen LogP contribution in [0.15, 0.2) is 35.5 Å². The fourth-order valence-electron chi connectivity index (χ4n) is 1.22. The predicted octanol–water partition coefficient (Wildman–Crippen LogP) is 1.36. The van der Waals surface area contributed by atoms with Gasteiger partial charge in [-0.2, -0.15) is 0 Å². The minimum atomic E-state index is -0.192. The Hall–Kier alpha value is -1.31. The average molecular weight is 148 g/mol. The average Bonchev–Trinajstić information content (AvgIpc) is 2.25. The van der Waals surface area contributed by atoms with E-state index in [0.29, 0.717) is 6.61 Å². The third-order valence-corrected chi connectivity index (χ3v) is 1.80. The monoisotopic (exact) mass is 148 g/mol. The lowest BCUT2D eigenvalue weighted by atomic mass is 10.1. The van der Waals surface area contributed by atoms with Crippen LogP contribution in [0.1, 0.15) is 6.42 Å². The Morgan fingerprint density at radius 3 is 3.00 bits per heavy atom. The van der Waals surface area contributed by atoms with Crippen molar-refractivity contribution in [3.63, 3.8) is 0 Å². The molecule has 0 bridgehead atoms. The molecule has 0 saturated carbocycles. The quantitative estimate of drug-likeness (QED) is 0.485. The van der Waals surface area contributed by atoms with Crippen molar-refractivity contribution in [2.24, 2.45) is 0 Å². The van der Waals surface area contributed by atoms with Crippen molar-refractivity contribution >= 4 is 5.97 Å². The SMILES string of the molecule is O=C1OCC2=C1C=CCC=C2. The zero-order valence-electron chi connectivity index (χ0n) is 6.04. The van der Waals surface area contributed by atoms with Gasteiger partial charge < -0.3 is 4.74 Å². The van der Waals surface area contributed by atoms with E-state index in [1.165, 1.54) is 0 Å². The van der Waals surface area contributed by atoms with Gasteiger partial charge in [0.2, 0.25) is 0 Å². The molecule has 0 aromatic heterocycles. The lowest BCUT2D eigenvalue weighted by Crippen LogP contribution is -1.96. The maximum atomic E-state index is 11.0. The van der Waals surface area contributed by atoms with Crippen LogP contribution in [0.3, 0.4) is 0 Å². The van der Waals surface area contributed by atoms with E-state index in [-0.39, 0.29) is 5.97 Å². The van der Waals surface area contributed by atoms with Gasteiger partial charge in [-0.1, -0.05) is 24.3 Å². The lowest BCUT2D eigenvalue weighted by molar-refractivity contribution is -0.135. The van der Waals surface area contributed by atoms with E-state index in [0.717, 1.165) is 17.6 Å². The lowest BCUT2D eigenvalue weighted by Gasteiger charge is -1.89. The zero-order chi connectivity index (χ0) is 7.68. The molecule has 0 amide bonds. The molecule has 2 nitrogen and oxygen atoms in total. The molecule has 0 N–H and O–H groups in total. The van der Waals surface area contributed by atoms with Gasteiger partial charge in [-0.05, 0) is 6.42 Å². The highest BCUT2D eigenvalue weighted by molar-refractivity contribution is 5.95. The number of cyclic esters (lactones) is 1. The summed E-state index contributed by atoms with van der Waals surface area (Å²) >= 11 is 0. The highest BCUT2D eigenvalue weighted by atomic mass is 16.5. The topological polar surface area (TPSA) is 26.3 Å². The zero-order valence-corrected chi connectivity index (χ0v) is 6.04. The van der Waals surface area contributed by atoms with Gasteiger partial charge in [-0.25, -0.2) is 4.79 Å². The number of esters is 1. The maximum Gasteiger partial charge on any atom is 0.338 e. The molecular weight excluding hydrogens is 140 g/mol. The van der Waals surface area contributed by atoms with Crippen LogP contribution in [0.25, 0.3) is 0 Å². The first-order valence-electron chi connectivity index (χ1n) is 3.61. The summed E-state index contributed by atoms with van der Waals surface area (Å²) in [4.78, 5) is 11.0. The molecular formula is C9H8O2. The van der Waals surface area contributed by atoms with E-state index in [2.05, 4.69) is 0 Å². The van der Waals surface area contributed by atoms with Gasteiger partial charge in [0.15, 0.2) is 0 Å². The van der Waals surface area contributed by atoms with Crippen molar-refractivity contribution in [2.75, 3.05) is 6.61 Å². The number of hydrogen-bond donors (Lipinski definition) is 0. The molecule has 56 valence electrons. The number of rotatable bonds is 0. The molecule has 1 aliphatic carbocycles. The molecule has 0 saturated heterocycles. The molecule has 0 radical (unpaired) electrons. The molecule has 11 heavy (non-hydrogen) atoms. The third-order valence-electron chi connectivity index (χ3n) is 1.80. The summed E-state index contributed by atoms with van der Waals surface area (Å²) in [6.45, 7) is 0.439. The molecule has 1 heterocycles. The summed E-state index contributed by atoms with van der Waals surface area (Å²) < 4.78 is 4.84. The summed E-state index contributed by atoms with van der Waals surface area (Å²) in [7, 11) is 0. The van der Waals surface area contributed by atoms with Crippen molar-refractivity contribution in [1.82, 2.24) is 0 Å². The van der Waals surface area contributed by atoms with Crippen LogP contribution in [-0.4, -0.2) is 12.6 Å².